The van der Waals surface area contributed by atoms with Crippen molar-refractivity contribution in [2.24, 2.45) is 0 Å². The van der Waals surface area contributed by atoms with E-state index in [1.54, 1.807) is 0 Å². The van der Waals surface area contributed by atoms with Crippen molar-refractivity contribution in [3.8, 4) is 0 Å². The first-order valence-corrected chi connectivity index (χ1v) is 7.15. The molecule has 2 rings (SSSR count). The zero-order valence-electron chi connectivity index (χ0n) is 12.4. The van der Waals surface area contributed by atoms with E-state index in [0.717, 1.165) is 10.7 Å². The van der Waals surface area contributed by atoms with Crippen LogP contribution in [-0.4, -0.2) is 14.1 Å². The summed E-state index contributed by atoms with van der Waals surface area (Å²) >= 11 is 6.23. The second-order valence-corrected chi connectivity index (χ2v) is 5.74. The second kappa shape index (κ2) is 6.19. The van der Waals surface area contributed by atoms with Gasteiger partial charge in [-0.15, -0.1) is 0 Å². The molecule has 0 aliphatic rings. The fraction of sp³-hybridized carbons (Fsp3) is 0.294. The summed E-state index contributed by atoms with van der Waals surface area (Å²) < 4.78 is 0. The van der Waals surface area contributed by atoms with Crippen LogP contribution in [0, 0.1) is 6.92 Å². The van der Waals surface area contributed by atoms with Gasteiger partial charge in [0.2, 0.25) is 0 Å². The number of anilines is 2. The SMILES string of the molecule is Cc1ccc(Cl)c(NC(C)c2ccc(N(C)C)cc2)c1. The van der Waals surface area contributed by atoms with Crippen molar-refractivity contribution in [2.45, 2.75) is 19.9 Å². The minimum absolute atomic E-state index is 0.213. The second-order valence-electron chi connectivity index (χ2n) is 5.34. The van der Waals surface area contributed by atoms with E-state index >= 15 is 0 Å². The predicted octanol–water partition coefficient (Wildman–Crippen LogP) is 4.89. The van der Waals surface area contributed by atoms with Gasteiger partial charge >= 0.3 is 0 Å². The van der Waals surface area contributed by atoms with Gasteiger partial charge < -0.3 is 10.2 Å². The van der Waals surface area contributed by atoms with Crippen LogP contribution in [-0.2, 0) is 0 Å². The maximum absolute atomic E-state index is 6.23. The van der Waals surface area contributed by atoms with E-state index < -0.39 is 0 Å². The van der Waals surface area contributed by atoms with Crippen LogP contribution in [0.15, 0.2) is 42.5 Å². The smallest absolute Gasteiger partial charge is 0.0637 e. The van der Waals surface area contributed by atoms with Gasteiger partial charge in [-0.2, -0.15) is 0 Å². The van der Waals surface area contributed by atoms with E-state index in [9.17, 15) is 0 Å². The van der Waals surface area contributed by atoms with E-state index in [1.807, 2.05) is 26.2 Å². The molecule has 0 saturated carbocycles. The van der Waals surface area contributed by atoms with Crippen LogP contribution in [0.25, 0.3) is 0 Å². The highest BCUT2D eigenvalue weighted by Crippen LogP contribution is 2.27. The Hall–Kier alpha value is -1.67. The van der Waals surface area contributed by atoms with Crippen LogP contribution in [0.4, 0.5) is 11.4 Å². The van der Waals surface area contributed by atoms with Gasteiger partial charge in [0.15, 0.2) is 0 Å². The van der Waals surface area contributed by atoms with Gasteiger partial charge in [0.1, 0.15) is 0 Å². The molecule has 0 bridgehead atoms. The highest BCUT2D eigenvalue weighted by atomic mass is 35.5. The maximum atomic E-state index is 6.23. The number of nitrogens with zero attached hydrogens (tertiary/aromatic N) is 1. The normalized spacial score (nSPS) is 12.1. The lowest BCUT2D eigenvalue weighted by Gasteiger charge is -2.19. The van der Waals surface area contributed by atoms with Gasteiger partial charge in [0.05, 0.1) is 10.7 Å². The number of hydrogen-bond donors (Lipinski definition) is 1. The Morgan fingerprint density at radius 1 is 1.05 bits per heavy atom. The number of aryl methyl sites for hydroxylation is 1. The third kappa shape index (κ3) is 3.45. The Kier molecular flexibility index (Phi) is 4.56. The molecule has 0 aromatic heterocycles. The first-order chi connectivity index (χ1) is 9.47. The third-order valence-corrected chi connectivity index (χ3v) is 3.73. The van der Waals surface area contributed by atoms with E-state index in [2.05, 4.69) is 54.4 Å². The molecule has 106 valence electrons. The van der Waals surface area contributed by atoms with Crippen molar-refractivity contribution in [1.29, 1.82) is 0 Å². The predicted molar refractivity (Wildman–Crippen MR) is 89.0 cm³/mol. The van der Waals surface area contributed by atoms with Crippen LogP contribution < -0.4 is 10.2 Å². The van der Waals surface area contributed by atoms with Gasteiger partial charge in [0, 0.05) is 25.8 Å². The Labute approximate surface area is 126 Å². The molecule has 0 saturated heterocycles. The molecule has 0 aliphatic heterocycles. The molecule has 20 heavy (non-hydrogen) atoms. The molecule has 2 nitrogen and oxygen atoms in total. The molecule has 0 heterocycles. The van der Waals surface area contributed by atoms with Crippen molar-refractivity contribution in [1.82, 2.24) is 0 Å². The fourth-order valence-electron chi connectivity index (χ4n) is 2.13. The molecule has 1 atom stereocenters. The molecule has 0 spiro atoms. The third-order valence-electron chi connectivity index (χ3n) is 3.40. The number of hydrogen-bond acceptors (Lipinski definition) is 2. The molecule has 3 heteroatoms. The summed E-state index contributed by atoms with van der Waals surface area (Å²) in [6.07, 6.45) is 0. The largest absolute Gasteiger partial charge is 0.378 e. The Bertz CT molecular complexity index is 576. The molecular weight excluding hydrogens is 268 g/mol. The molecule has 0 amide bonds. The molecule has 1 unspecified atom stereocenters. The van der Waals surface area contributed by atoms with E-state index in [4.69, 9.17) is 11.6 Å². The maximum Gasteiger partial charge on any atom is 0.0637 e. The van der Waals surface area contributed by atoms with Crippen molar-refractivity contribution in [3.05, 3.63) is 58.6 Å². The molecule has 0 radical (unpaired) electrons. The lowest BCUT2D eigenvalue weighted by Crippen LogP contribution is -2.10. The van der Waals surface area contributed by atoms with E-state index in [-0.39, 0.29) is 6.04 Å². The molecular formula is C17H21ClN2. The summed E-state index contributed by atoms with van der Waals surface area (Å²) in [5.41, 5.74) is 4.63. The first kappa shape index (κ1) is 14.7. The average molecular weight is 289 g/mol. The summed E-state index contributed by atoms with van der Waals surface area (Å²) in [7, 11) is 4.09. The van der Waals surface area contributed by atoms with E-state index in [1.165, 1.54) is 16.8 Å². The van der Waals surface area contributed by atoms with Crippen LogP contribution in [0.2, 0.25) is 5.02 Å². The molecule has 0 aliphatic carbocycles. The Morgan fingerprint density at radius 3 is 2.30 bits per heavy atom. The van der Waals surface area contributed by atoms with Gasteiger partial charge in [-0.05, 0) is 49.2 Å². The zero-order valence-corrected chi connectivity index (χ0v) is 13.2. The zero-order chi connectivity index (χ0) is 14.7. The standard InChI is InChI=1S/C17H21ClN2/c1-12-5-10-16(18)17(11-12)19-13(2)14-6-8-15(9-7-14)20(3)4/h5-11,13,19H,1-4H3. The molecule has 0 fully saturated rings. The molecule has 1 N–H and O–H groups in total. The summed E-state index contributed by atoms with van der Waals surface area (Å²) in [6.45, 7) is 4.21. The van der Waals surface area contributed by atoms with Gasteiger partial charge in [-0.25, -0.2) is 0 Å². The van der Waals surface area contributed by atoms with Crippen LogP contribution >= 0.6 is 11.6 Å². The average Bonchev–Trinajstić information content (AvgIpc) is 2.43. The number of nitrogens with one attached hydrogen (secondary N) is 1. The minimum Gasteiger partial charge on any atom is -0.378 e. The quantitative estimate of drug-likeness (QED) is 0.862. The summed E-state index contributed by atoms with van der Waals surface area (Å²) in [5, 5.41) is 4.23. The fourth-order valence-corrected chi connectivity index (χ4v) is 2.30. The lowest BCUT2D eigenvalue weighted by molar-refractivity contribution is 0.884. The molecule has 2 aromatic carbocycles. The van der Waals surface area contributed by atoms with Crippen LogP contribution in [0.5, 0.6) is 0 Å². The van der Waals surface area contributed by atoms with Gasteiger partial charge in [-0.3, -0.25) is 0 Å². The topological polar surface area (TPSA) is 15.3 Å². The number of halogens is 1. The van der Waals surface area contributed by atoms with Gasteiger partial charge in [0.25, 0.3) is 0 Å². The van der Waals surface area contributed by atoms with Crippen molar-refractivity contribution in [3.63, 3.8) is 0 Å². The van der Waals surface area contributed by atoms with Crippen LogP contribution in [0.3, 0.4) is 0 Å². The summed E-state index contributed by atoms with van der Waals surface area (Å²) in [5.74, 6) is 0. The highest BCUT2D eigenvalue weighted by Gasteiger charge is 2.08. The molecule has 2 aromatic rings. The number of benzene rings is 2. The van der Waals surface area contributed by atoms with Gasteiger partial charge in [-0.1, -0.05) is 29.8 Å². The Morgan fingerprint density at radius 2 is 1.70 bits per heavy atom. The monoisotopic (exact) mass is 288 g/mol. The minimum atomic E-state index is 0.213. The Balaban J connectivity index is 2.15. The van der Waals surface area contributed by atoms with Crippen molar-refractivity contribution >= 4 is 23.0 Å². The van der Waals surface area contributed by atoms with E-state index in [0.29, 0.717) is 0 Å². The van der Waals surface area contributed by atoms with Crippen LogP contribution in [0.1, 0.15) is 24.1 Å². The van der Waals surface area contributed by atoms with Crippen molar-refractivity contribution in [2.75, 3.05) is 24.3 Å². The lowest BCUT2D eigenvalue weighted by atomic mass is 10.1. The highest BCUT2D eigenvalue weighted by molar-refractivity contribution is 6.33. The van der Waals surface area contributed by atoms with Crippen molar-refractivity contribution < 1.29 is 0 Å². The summed E-state index contributed by atoms with van der Waals surface area (Å²) in [6, 6.07) is 14.8. The first-order valence-electron chi connectivity index (χ1n) is 6.77. The summed E-state index contributed by atoms with van der Waals surface area (Å²) in [4.78, 5) is 2.10. The number of rotatable bonds is 4.